The van der Waals surface area contributed by atoms with Crippen molar-refractivity contribution in [3.05, 3.63) is 27.4 Å². The monoisotopic (exact) mass is 207 g/mol. The fourth-order valence-corrected chi connectivity index (χ4v) is 1.98. The zero-order valence-corrected chi connectivity index (χ0v) is 9.26. The van der Waals surface area contributed by atoms with Crippen molar-refractivity contribution in [3.8, 4) is 0 Å². The molecule has 15 heavy (non-hydrogen) atoms. The van der Waals surface area contributed by atoms with Crippen LogP contribution in [0.5, 0.6) is 0 Å². The SMILES string of the molecule is CNC(C)Cc1nc2c(c(=O)[nH]1)CCC2. The quantitative estimate of drug-likeness (QED) is 0.754. The maximum Gasteiger partial charge on any atom is 0.254 e. The highest BCUT2D eigenvalue weighted by atomic mass is 16.1. The fourth-order valence-electron chi connectivity index (χ4n) is 1.98. The summed E-state index contributed by atoms with van der Waals surface area (Å²) >= 11 is 0. The van der Waals surface area contributed by atoms with Gasteiger partial charge in [0.1, 0.15) is 5.82 Å². The molecule has 1 unspecified atom stereocenters. The molecule has 0 aliphatic heterocycles. The summed E-state index contributed by atoms with van der Waals surface area (Å²) < 4.78 is 0. The Labute approximate surface area is 89.1 Å². The molecular weight excluding hydrogens is 190 g/mol. The van der Waals surface area contributed by atoms with Crippen LogP contribution < -0.4 is 10.9 Å². The van der Waals surface area contributed by atoms with Gasteiger partial charge in [0.2, 0.25) is 0 Å². The number of H-pyrrole nitrogens is 1. The molecule has 1 aliphatic carbocycles. The lowest BCUT2D eigenvalue weighted by atomic mass is 10.2. The zero-order valence-electron chi connectivity index (χ0n) is 9.26. The van der Waals surface area contributed by atoms with Gasteiger partial charge in [-0.3, -0.25) is 4.79 Å². The van der Waals surface area contributed by atoms with E-state index in [1.54, 1.807) is 0 Å². The standard InChI is InChI=1S/C11H17N3O/c1-7(12-2)6-10-13-9-5-3-4-8(9)11(15)14-10/h7,12H,3-6H2,1-2H3,(H,13,14,15). The molecule has 1 atom stereocenters. The molecule has 82 valence electrons. The predicted molar refractivity (Wildman–Crippen MR) is 59.1 cm³/mol. The van der Waals surface area contributed by atoms with E-state index >= 15 is 0 Å². The minimum atomic E-state index is 0.0656. The number of aromatic amines is 1. The van der Waals surface area contributed by atoms with Crippen molar-refractivity contribution in [1.29, 1.82) is 0 Å². The minimum absolute atomic E-state index is 0.0656. The maximum absolute atomic E-state index is 11.7. The molecular formula is C11H17N3O. The lowest BCUT2D eigenvalue weighted by Crippen LogP contribution is -2.27. The van der Waals surface area contributed by atoms with Gasteiger partial charge in [0.15, 0.2) is 0 Å². The summed E-state index contributed by atoms with van der Waals surface area (Å²) in [5, 5.41) is 3.14. The third-order valence-corrected chi connectivity index (χ3v) is 2.98. The van der Waals surface area contributed by atoms with Crippen LogP contribution >= 0.6 is 0 Å². The van der Waals surface area contributed by atoms with E-state index in [1.807, 2.05) is 7.05 Å². The third kappa shape index (κ3) is 2.09. The number of nitrogens with one attached hydrogen (secondary N) is 2. The van der Waals surface area contributed by atoms with E-state index in [2.05, 4.69) is 22.2 Å². The van der Waals surface area contributed by atoms with E-state index in [9.17, 15) is 4.79 Å². The number of rotatable bonds is 3. The van der Waals surface area contributed by atoms with Crippen LogP contribution in [0.25, 0.3) is 0 Å². The van der Waals surface area contributed by atoms with E-state index in [1.165, 1.54) is 0 Å². The van der Waals surface area contributed by atoms with Crippen LogP contribution in [0.15, 0.2) is 4.79 Å². The molecule has 0 amide bonds. The summed E-state index contributed by atoms with van der Waals surface area (Å²) in [6.07, 6.45) is 3.69. The second kappa shape index (κ2) is 4.14. The van der Waals surface area contributed by atoms with Gasteiger partial charge >= 0.3 is 0 Å². The fraction of sp³-hybridized carbons (Fsp3) is 0.636. The predicted octanol–water partition coefficient (Wildman–Crippen LogP) is 0.409. The Morgan fingerprint density at radius 1 is 1.53 bits per heavy atom. The van der Waals surface area contributed by atoms with Crippen LogP contribution in [0.2, 0.25) is 0 Å². The summed E-state index contributed by atoms with van der Waals surface area (Å²) in [4.78, 5) is 19.1. The first-order chi connectivity index (χ1) is 7.20. The van der Waals surface area contributed by atoms with Crippen LogP contribution in [-0.2, 0) is 19.3 Å². The molecule has 1 heterocycles. The third-order valence-electron chi connectivity index (χ3n) is 2.98. The van der Waals surface area contributed by atoms with Gasteiger partial charge in [0, 0.05) is 18.0 Å². The van der Waals surface area contributed by atoms with Gasteiger partial charge in [-0.1, -0.05) is 0 Å². The lowest BCUT2D eigenvalue weighted by Gasteiger charge is -2.09. The van der Waals surface area contributed by atoms with Crippen molar-refractivity contribution >= 4 is 0 Å². The molecule has 0 spiro atoms. The van der Waals surface area contributed by atoms with Crippen LogP contribution in [0.4, 0.5) is 0 Å². The number of aryl methyl sites for hydroxylation is 1. The Kier molecular flexibility index (Phi) is 2.86. The van der Waals surface area contributed by atoms with E-state index < -0.39 is 0 Å². The molecule has 0 fully saturated rings. The molecule has 2 N–H and O–H groups in total. The van der Waals surface area contributed by atoms with Gasteiger partial charge in [0.05, 0.1) is 5.69 Å². The average molecular weight is 207 g/mol. The lowest BCUT2D eigenvalue weighted by molar-refractivity contribution is 0.587. The van der Waals surface area contributed by atoms with Gasteiger partial charge in [-0.25, -0.2) is 4.98 Å². The smallest absolute Gasteiger partial charge is 0.254 e. The Balaban J connectivity index is 2.28. The van der Waals surface area contributed by atoms with Crippen molar-refractivity contribution in [1.82, 2.24) is 15.3 Å². The van der Waals surface area contributed by atoms with Gasteiger partial charge in [0.25, 0.3) is 5.56 Å². The number of hydrogen-bond acceptors (Lipinski definition) is 3. The minimum Gasteiger partial charge on any atom is -0.317 e. The largest absolute Gasteiger partial charge is 0.317 e. The Hall–Kier alpha value is -1.16. The summed E-state index contributed by atoms with van der Waals surface area (Å²) in [6.45, 7) is 2.08. The first kappa shape index (κ1) is 10.4. The molecule has 0 bridgehead atoms. The Morgan fingerprint density at radius 2 is 2.33 bits per heavy atom. The molecule has 4 nitrogen and oxygen atoms in total. The van der Waals surface area contributed by atoms with E-state index in [0.717, 1.165) is 42.8 Å². The molecule has 0 saturated heterocycles. The molecule has 1 aromatic rings. The van der Waals surface area contributed by atoms with Gasteiger partial charge in [-0.05, 0) is 33.2 Å². The molecule has 4 heteroatoms. The molecule has 0 aromatic carbocycles. The molecule has 1 aliphatic rings. The van der Waals surface area contributed by atoms with Gasteiger partial charge < -0.3 is 10.3 Å². The highest BCUT2D eigenvalue weighted by Gasteiger charge is 2.17. The Morgan fingerprint density at radius 3 is 3.07 bits per heavy atom. The first-order valence-electron chi connectivity index (χ1n) is 5.49. The number of likely N-dealkylation sites (N-methyl/N-ethyl adjacent to an activating group) is 1. The molecule has 1 aromatic heterocycles. The maximum atomic E-state index is 11.7. The van der Waals surface area contributed by atoms with E-state index in [4.69, 9.17) is 0 Å². The summed E-state index contributed by atoms with van der Waals surface area (Å²) in [6, 6.07) is 0.340. The van der Waals surface area contributed by atoms with Crippen LogP contribution in [0.1, 0.15) is 30.4 Å². The number of fused-ring (bicyclic) bond motifs is 1. The Bertz CT molecular complexity index is 411. The van der Waals surface area contributed by atoms with Gasteiger partial charge in [-0.15, -0.1) is 0 Å². The highest BCUT2D eigenvalue weighted by molar-refractivity contribution is 5.22. The summed E-state index contributed by atoms with van der Waals surface area (Å²) in [5.41, 5.74) is 1.98. The van der Waals surface area contributed by atoms with Crippen molar-refractivity contribution in [3.63, 3.8) is 0 Å². The molecule has 0 saturated carbocycles. The van der Waals surface area contributed by atoms with Crippen LogP contribution in [-0.4, -0.2) is 23.1 Å². The van der Waals surface area contributed by atoms with Crippen molar-refractivity contribution < 1.29 is 0 Å². The highest BCUT2D eigenvalue weighted by Crippen LogP contribution is 2.15. The van der Waals surface area contributed by atoms with Crippen molar-refractivity contribution in [2.75, 3.05) is 7.05 Å². The van der Waals surface area contributed by atoms with E-state index in [-0.39, 0.29) is 5.56 Å². The summed E-state index contributed by atoms with van der Waals surface area (Å²) in [7, 11) is 1.91. The zero-order chi connectivity index (χ0) is 10.8. The normalized spacial score (nSPS) is 16.4. The number of aromatic nitrogens is 2. The van der Waals surface area contributed by atoms with Crippen molar-refractivity contribution in [2.24, 2.45) is 0 Å². The second-order valence-corrected chi connectivity index (χ2v) is 4.19. The molecule has 0 radical (unpaired) electrons. The number of nitrogens with zero attached hydrogens (tertiary/aromatic N) is 1. The second-order valence-electron chi connectivity index (χ2n) is 4.19. The number of hydrogen-bond donors (Lipinski definition) is 2. The summed E-state index contributed by atoms with van der Waals surface area (Å²) in [5.74, 6) is 0.808. The average Bonchev–Trinajstić information content (AvgIpc) is 2.66. The topological polar surface area (TPSA) is 57.8 Å². The van der Waals surface area contributed by atoms with Crippen LogP contribution in [0.3, 0.4) is 0 Å². The first-order valence-corrected chi connectivity index (χ1v) is 5.49. The van der Waals surface area contributed by atoms with E-state index in [0.29, 0.717) is 6.04 Å². The van der Waals surface area contributed by atoms with Crippen molar-refractivity contribution in [2.45, 2.75) is 38.6 Å². The van der Waals surface area contributed by atoms with Crippen LogP contribution in [0, 0.1) is 0 Å². The van der Waals surface area contributed by atoms with Gasteiger partial charge in [-0.2, -0.15) is 0 Å². The molecule has 2 rings (SSSR count).